The van der Waals surface area contributed by atoms with E-state index in [1.807, 2.05) is 0 Å². The summed E-state index contributed by atoms with van der Waals surface area (Å²) in [5.41, 5.74) is 6.35. The highest BCUT2D eigenvalue weighted by Gasteiger charge is 2.34. The summed E-state index contributed by atoms with van der Waals surface area (Å²) in [4.78, 5) is 3.84. The van der Waals surface area contributed by atoms with Crippen molar-refractivity contribution in [1.29, 1.82) is 0 Å². The smallest absolute Gasteiger partial charge is 0.396 e. The molecule has 0 saturated heterocycles. The Labute approximate surface area is 113 Å². The first-order valence-corrected chi connectivity index (χ1v) is 5.94. The molecule has 0 aliphatic carbocycles. The number of anilines is 1. The zero-order chi connectivity index (χ0) is 15.0. The fraction of sp³-hybridized carbons (Fsp3) is 0.385. The van der Waals surface area contributed by atoms with Crippen LogP contribution < -0.4 is 5.73 Å². The quantitative estimate of drug-likeness (QED) is 0.880. The lowest BCUT2D eigenvalue weighted by Gasteiger charge is -2.20. The molecule has 2 aromatic rings. The van der Waals surface area contributed by atoms with E-state index in [-0.39, 0.29) is 11.7 Å². The van der Waals surface area contributed by atoms with Gasteiger partial charge >= 0.3 is 6.18 Å². The molecular weight excluding hydrogens is 271 g/mol. The van der Waals surface area contributed by atoms with Crippen molar-refractivity contribution in [2.75, 3.05) is 5.73 Å². The summed E-state index contributed by atoms with van der Waals surface area (Å²) in [6.07, 6.45) is -5.55. The predicted octanol–water partition coefficient (Wildman–Crippen LogP) is 3.08. The first kappa shape index (κ1) is 14.4. The van der Waals surface area contributed by atoms with E-state index in [4.69, 9.17) is 10.3 Å². The lowest BCUT2D eigenvalue weighted by atomic mass is 9.84. The molecule has 0 fully saturated rings. The molecule has 0 radical (unpaired) electrons. The monoisotopic (exact) mass is 285 g/mol. The number of rotatable bonds is 3. The van der Waals surface area contributed by atoms with Crippen molar-refractivity contribution in [1.82, 2.24) is 10.1 Å². The van der Waals surface area contributed by atoms with Gasteiger partial charge < -0.3 is 10.3 Å². The highest BCUT2D eigenvalue weighted by molar-refractivity contribution is 5.42. The van der Waals surface area contributed by atoms with Crippen LogP contribution in [0.5, 0.6) is 0 Å². The van der Waals surface area contributed by atoms with Crippen LogP contribution in [0.4, 0.5) is 18.9 Å². The van der Waals surface area contributed by atoms with Gasteiger partial charge in [0.15, 0.2) is 5.82 Å². The fourth-order valence-corrected chi connectivity index (χ4v) is 1.78. The lowest BCUT2D eigenvalue weighted by Crippen LogP contribution is -2.20. The van der Waals surface area contributed by atoms with Crippen molar-refractivity contribution in [2.45, 2.75) is 31.9 Å². The van der Waals surface area contributed by atoms with Crippen LogP contribution in [-0.2, 0) is 11.8 Å². The van der Waals surface area contributed by atoms with E-state index in [1.54, 1.807) is 38.1 Å². The van der Waals surface area contributed by atoms with Crippen LogP contribution in [0, 0.1) is 0 Å². The third-order valence-corrected chi connectivity index (χ3v) is 2.99. The van der Waals surface area contributed by atoms with Gasteiger partial charge in [0, 0.05) is 5.69 Å². The topological polar surface area (TPSA) is 64.9 Å². The van der Waals surface area contributed by atoms with Crippen molar-refractivity contribution in [3.63, 3.8) is 0 Å². The predicted molar refractivity (Wildman–Crippen MR) is 67.0 cm³/mol. The van der Waals surface area contributed by atoms with Gasteiger partial charge in [-0.1, -0.05) is 17.3 Å². The highest BCUT2D eigenvalue weighted by Crippen LogP contribution is 2.31. The number of hydrogen-bond donors (Lipinski definition) is 1. The molecule has 0 spiro atoms. The van der Waals surface area contributed by atoms with Crippen molar-refractivity contribution < 1.29 is 17.7 Å². The lowest BCUT2D eigenvalue weighted by molar-refractivity contribution is -0.128. The summed E-state index contributed by atoms with van der Waals surface area (Å²) in [5.74, 6) is -0.224. The summed E-state index contributed by atoms with van der Waals surface area (Å²) >= 11 is 0. The summed E-state index contributed by atoms with van der Waals surface area (Å²) < 4.78 is 41.8. The zero-order valence-electron chi connectivity index (χ0n) is 11.0. The molecule has 7 heteroatoms. The number of nitrogens with two attached hydrogens (primary N) is 1. The number of nitrogen functional groups attached to an aromatic ring is 1. The minimum atomic E-state index is -4.35. The summed E-state index contributed by atoms with van der Waals surface area (Å²) in [7, 11) is 0. The van der Waals surface area contributed by atoms with Gasteiger partial charge in [-0.15, -0.1) is 0 Å². The van der Waals surface area contributed by atoms with Crippen molar-refractivity contribution in [2.24, 2.45) is 0 Å². The van der Waals surface area contributed by atoms with E-state index in [2.05, 4.69) is 10.1 Å². The minimum absolute atomic E-state index is 0.140. The Morgan fingerprint density at radius 3 is 2.30 bits per heavy atom. The van der Waals surface area contributed by atoms with Crippen LogP contribution in [0.25, 0.3) is 0 Å². The maximum absolute atomic E-state index is 12.3. The van der Waals surface area contributed by atoms with Crippen LogP contribution >= 0.6 is 0 Å². The van der Waals surface area contributed by atoms with Crippen LogP contribution in [0.15, 0.2) is 28.8 Å². The number of benzene rings is 1. The Morgan fingerprint density at radius 2 is 1.75 bits per heavy atom. The maximum Gasteiger partial charge on any atom is 0.396 e. The second-order valence-electron chi connectivity index (χ2n) is 5.05. The van der Waals surface area contributed by atoms with Crippen molar-refractivity contribution in [3.05, 3.63) is 41.5 Å². The first-order valence-electron chi connectivity index (χ1n) is 5.94. The molecule has 1 aromatic heterocycles. The van der Waals surface area contributed by atoms with Crippen LogP contribution in [-0.4, -0.2) is 16.3 Å². The molecule has 0 bridgehead atoms. The second kappa shape index (κ2) is 4.81. The normalized spacial score (nSPS) is 12.7. The molecule has 2 rings (SSSR count). The number of hydrogen-bond acceptors (Lipinski definition) is 4. The summed E-state index contributed by atoms with van der Waals surface area (Å²) in [6, 6.07) is 6.99. The number of alkyl halides is 3. The van der Waals surface area contributed by atoms with E-state index in [0.717, 1.165) is 5.56 Å². The van der Waals surface area contributed by atoms with Crippen LogP contribution in [0.1, 0.15) is 31.1 Å². The van der Waals surface area contributed by atoms with Gasteiger partial charge in [0.25, 0.3) is 0 Å². The van der Waals surface area contributed by atoms with Crippen molar-refractivity contribution in [3.8, 4) is 0 Å². The van der Waals surface area contributed by atoms with Gasteiger partial charge in [-0.05, 0) is 31.5 Å². The molecule has 20 heavy (non-hydrogen) atoms. The average molecular weight is 285 g/mol. The summed E-state index contributed by atoms with van der Waals surface area (Å²) in [6.45, 7) is 3.59. The Bertz CT molecular complexity index is 588. The number of halogens is 3. The first-order chi connectivity index (χ1) is 9.18. The van der Waals surface area contributed by atoms with E-state index < -0.39 is 18.0 Å². The molecule has 0 aliphatic heterocycles. The third kappa shape index (κ3) is 3.09. The fourth-order valence-electron chi connectivity index (χ4n) is 1.78. The molecule has 1 aromatic carbocycles. The number of nitrogens with zero attached hydrogens (tertiary/aromatic N) is 2. The average Bonchev–Trinajstić information content (AvgIpc) is 2.76. The highest BCUT2D eigenvalue weighted by atomic mass is 19.4. The van der Waals surface area contributed by atoms with E-state index in [1.165, 1.54) is 0 Å². The SMILES string of the molecule is CC(C)(c1ccc(N)cc1)c1nc(CC(F)(F)F)no1. The standard InChI is InChI=1S/C13H14F3N3O/c1-12(2,8-3-5-9(17)6-4-8)11-18-10(19-20-11)7-13(14,15)16/h3-6H,7,17H2,1-2H3. The Morgan fingerprint density at radius 1 is 1.15 bits per heavy atom. The molecule has 0 atom stereocenters. The Kier molecular flexibility index (Phi) is 3.45. The molecule has 2 N–H and O–H groups in total. The van der Waals surface area contributed by atoms with Gasteiger partial charge in [0.1, 0.15) is 6.42 Å². The molecule has 4 nitrogen and oxygen atoms in total. The second-order valence-corrected chi connectivity index (χ2v) is 5.05. The van der Waals surface area contributed by atoms with Crippen molar-refractivity contribution >= 4 is 5.69 Å². The van der Waals surface area contributed by atoms with E-state index >= 15 is 0 Å². The van der Waals surface area contributed by atoms with Crippen LogP contribution in [0.3, 0.4) is 0 Å². The summed E-state index contributed by atoms with van der Waals surface area (Å²) in [5, 5.41) is 3.38. The molecule has 108 valence electrons. The number of aromatic nitrogens is 2. The maximum atomic E-state index is 12.3. The third-order valence-electron chi connectivity index (χ3n) is 2.99. The van der Waals surface area contributed by atoms with Gasteiger partial charge in [0.05, 0.1) is 5.41 Å². The molecule has 0 amide bonds. The van der Waals surface area contributed by atoms with Gasteiger partial charge in [0.2, 0.25) is 5.89 Å². The van der Waals surface area contributed by atoms with Gasteiger partial charge in [-0.3, -0.25) is 0 Å². The van der Waals surface area contributed by atoms with Crippen LogP contribution in [0.2, 0.25) is 0 Å². The molecule has 0 unspecified atom stereocenters. The molecule has 1 heterocycles. The largest absolute Gasteiger partial charge is 0.399 e. The molecule has 0 aliphatic rings. The Balaban J connectivity index is 2.28. The molecular formula is C13H14F3N3O. The Hall–Kier alpha value is -2.05. The molecule has 0 saturated carbocycles. The zero-order valence-corrected chi connectivity index (χ0v) is 11.0. The van der Waals surface area contributed by atoms with Gasteiger partial charge in [-0.25, -0.2) is 0 Å². The minimum Gasteiger partial charge on any atom is -0.399 e. The van der Waals surface area contributed by atoms with E-state index in [0.29, 0.717) is 5.69 Å². The van der Waals surface area contributed by atoms with Gasteiger partial charge in [-0.2, -0.15) is 18.2 Å². The van der Waals surface area contributed by atoms with E-state index in [9.17, 15) is 13.2 Å².